The second-order valence-electron chi connectivity index (χ2n) is 6.25. The lowest BCUT2D eigenvalue weighted by molar-refractivity contribution is 0.413. The van der Waals surface area contributed by atoms with Crippen molar-refractivity contribution in [2.75, 3.05) is 20.6 Å². The molecule has 2 aromatic carbocycles. The molecule has 2 heterocycles. The molecule has 0 saturated carbocycles. The lowest BCUT2D eigenvalue weighted by atomic mass is 10.0. The number of hydrogen-bond acceptors (Lipinski definition) is 1. The van der Waals surface area contributed by atoms with Gasteiger partial charge in [-0.1, -0.05) is 29.3 Å². The zero-order valence-electron chi connectivity index (χ0n) is 13.3. The molecule has 1 atom stereocenters. The number of nitrogens with zero attached hydrogens (tertiary/aromatic N) is 2. The molecule has 3 aromatic rings. The average molecular weight is 382 g/mol. The second-order valence-corrected chi connectivity index (χ2v) is 8.34. The van der Waals surface area contributed by atoms with E-state index in [1.807, 2.05) is 38.5 Å². The van der Waals surface area contributed by atoms with E-state index in [1.165, 1.54) is 0 Å². The summed E-state index contributed by atoms with van der Waals surface area (Å²) >= 11 is 11.1. The van der Waals surface area contributed by atoms with Crippen LogP contribution < -0.4 is 0 Å². The molecule has 0 aliphatic carbocycles. The summed E-state index contributed by atoms with van der Waals surface area (Å²) in [5.74, 6) is 0. The second kappa shape index (κ2) is 5.95. The van der Waals surface area contributed by atoms with Crippen molar-refractivity contribution in [3.8, 4) is 11.1 Å². The minimum absolute atomic E-state index is 0.490. The van der Waals surface area contributed by atoms with Crippen LogP contribution in [-0.2, 0) is 17.9 Å². The van der Waals surface area contributed by atoms with Crippen molar-refractivity contribution in [3.63, 3.8) is 0 Å². The Morgan fingerprint density at radius 3 is 2.67 bits per heavy atom. The van der Waals surface area contributed by atoms with Gasteiger partial charge in [0.15, 0.2) is 0 Å². The highest BCUT2D eigenvalue weighted by Gasteiger charge is 2.39. The maximum absolute atomic E-state index is 15.2. The number of likely N-dealkylation sites (N-methyl/N-ethyl adjacent to an activating group) is 1. The Morgan fingerprint density at radius 2 is 1.92 bits per heavy atom. The predicted octanol–water partition coefficient (Wildman–Crippen LogP) is 5.36. The molecular weight excluding hydrogens is 366 g/mol. The molecule has 24 heavy (non-hydrogen) atoms. The van der Waals surface area contributed by atoms with E-state index >= 15 is 3.89 Å². The molecule has 1 aliphatic heterocycles. The van der Waals surface area contributed by atoms with Crippen LogP contribution in [0.15, 0.2) is 41.4 Å². The number of fused-ring (bicyclic) bond motifs is 7. The minimum Gasteiger partial charge on any atom is -0.309 e. The third-order valence-electron chi connectivity index (χ3n) is 4.36. The van der Waals surface area contributed by atoms with Crippen molar-refractivity contribution in [3.05, 3.63) is 52.1 Å². The first-order valence-corrected chi connectivity index (χ1v) is 9.49. The van der Waals surface area contributed by atoms with Crippen LogP contribution in [0.25, 0.3) is 22.0 Å². The zero-order valence-corrected chi connectivity index (χ0v) is 15.6. The summed E-state index contributed by atoms with van der Waals surface area (Å²) < 4.78 is 16.9. The van der Waals surface area contributed by atoms with Crippen molar-refractivity contribution >= 4 is 45.6 Å². The first kappa shape index (κ1) is 16.3. The highest BCUT2D eigenvalue weighted by atomic mass is 35.5. The maximum Gasteiger partial charge on any atom is 0.369 e. The molecule has 0 N–H and O–H groups in total. The molecule has 0 saturated heterocycles. The van der Waals surface area contributed by atoms with E-state index in [0.717, 1.165) is 45.5 Å². The molecule has 4 rings (SSSR count). The maximum atomic E-state index is 15.2. The van der Waals surface area contributed by atoms with E-state index < -0.39 is 11.5 Å². The Labute approximate surface area is 153 Å². The Bertz CT molecular complexity index is 952. The van der Waals surface area contributed by atoms with Gasteiger partial charge in [0.2, 0.25) is 4.90 Å². The average Bonchev–Trinajstić information content (AvgIpc) is 2.91. The molecule has 6 heteroatoms. The Hall–Kier alpha value is -1.20. The number of hydrogen-bond donors (Lipinski definition) is 0. The standard InChI is InChI=1S/C18H16Cl2FN2S/c1-22(2)8-7-11-3-4-12-13-10-23(24(21)16(12)9-11)15-6-5-14(19)18(20)17(13)15/h3-6,9-10H,7-8H2,1-2H3/q+1. The van der Waals surface area contributed by atoms with Gasteiger partial charge in [0.1, 0.15) is 5.52 Å². The molecular formula is C18H16Cl2FN2S+. The van der Waals surface area contributed by atoms with Gasteiger partial charge in [-0.05, 0) is 44.3 Å². The van der Waals surface area contributed by atoms with Crippen LogP contribution in [0.2, 0.25) is 10.0 Å². The van der Waals surface area contributed by atoms with Crippen LogP contribution >= 0.6 is 23.2 Å². The van der Waals surface area contributed by atoms with E-state index in [4.69, 9.17) is 23.2 Å². The fourth-order valence-electron chi connectivity index (χ4n) is 3.11. The summed E-state index contributed by atoms with van der Waals surface area (Å²) in [6.45, 7) is 0.937. The van der Waals surface area contributed by atoms with Gasteiger partial charge in [-0.15, -0.1) is 3.97 Å². The zero-order chi connectivity index (χ0) is 17.0. The van der Waals surface area contributed by atoms with Gasteiger partial charge in [-0.2, -0.15) is 0 Å². The van der Waals surface area contributed by atoms with Crippen LogP contribution in [0.1, 0.15) is 5.56 Å². The fourth-order valence-corrected chi connectivity index (χ4v) is 4.87. The smallest absolute Gasteiger partial charge is 0.309 e. The monoisotopic (exact) mass is 381 g/mol. The third kappa shape index (κ3) is 2.44. The molecule has 1 unspecified atom stereocenters. The van der Waals surface area contributed by atoms with E-state index in [1.54, 1.807) is 10.0 Å². The Morgan fingerprint density at radius 1 is 1.12 bits per heavy atom. The largest absolute Gasteiger partial charge is 0.369 e. The normalized spacial score (nSPS) is 16.0. The van der Waals surface area contributed by atoms with Gasteiger partial charge >= 0.3 is 11.5 Å². The van der Waals surface area contributed by atoms with Crippen LogP contribution in [0.4, 0.5) is 3.89 Å². The summed E-state index contributed by atoms with van der Waals surface area (Å²) in [6.07, 6.45) is 2.74. The van der Waals surface area contributed by atoms with E-state index in [9.17, 15) is 0 Å². The number of benzene rings is 2. The number of aromatic nitrogens is 1. The summed E-state index contributed by atoms with van der Waals surface area (Å²) in [4.78, 5) is 2.86. The first-order valence-electron chi connectivity index (χ1n) is 7.65. The van der Waals surface area contributed by atoms with Gasteiger partial charge in [0, 0.05) is 29.1 Å². The van der Waals surface area contributed by atoms with E-state index in [2.05, 4.69) is 11.0 Å². The predicted molar refractivity (Wildman–Crippen MR) is 102 cm³/mol. The molecule has 0 amide bonds. The molecule has 1 aromatic heterocycles. The van der Waals surface area contributed by atoms with Crippen molar-refractivity contribution in [1.29, 1.82) is 0 Å². The lowest BCUT2D eigenvalue weighted by Gasteiger charge is -2.12. The number of rotatable bonds is 3. The Balaban J connectivity index is 1.89. The molecule has 0 fully saturated rings. The molecule has 124 valence electrons. The van der Waals surface area contributed by atoms with Crippen LogP contribution in [0, 0.1) is 0 Å². The summed E-state index contributed by atoms with van der Waals surface area (Å²) in [5.41, 5.74) is 3.80. The third-order valence-corrected chi connectivity index (χ3v) is 6.52. The summed E-state index contributed by atoms with van der Waals surface area (Å²) in [6, 6.07) is 9.64. The molecule has 2 nitrogen and oxygen atoms in total. The lowest BCUT2D eigenvalue weighted by Crippen LogP contribution is -2.16. The van der Waals surface area contributed by atoms with Gasteiger partial charge in [0.25, 0.3) is 0 Å². The van der Waals surface area contributed by atoms with Crippen molar-refractivity contribution < 1.29 is 3.89 Å². The summed E-state index contributed by atoms with van der Waals surface area (Å²) in [7, 11) is 4.08. The molecule has 0 radical (unpaired) electrons. The van der Waals surface area contributed by atoms with Gasteiger partial charge < -0.3 is 4.90 Å². The van der Waals surface area contributed by atoms with E-state index in [0.29, 0.717) is 10.0 Å². The molecule has 1 aliphatic rings. The van der Waals surface area contributed by atoms with Crippen LogP contribution in [-0.4, -0.2) is 29.5 Å². The first-order chi connectivity index (χ1) is 11.5. The highest BCUT2D eigenvalue weighted by Crippen LogP contribution is 2.46. The van der Waals surface area contributed by atoms with Crippen molar-refractivity contribution in [2.24, 2.45) is 0 Å². The topological polar surface area (TPSA) is 8.17 Å². The van der Waals surface area contributed by atoms with Crippen molar-refractivity contribution in [1.82, 2.24) is 8.87 Å². The van der Waals surface area contributed by atoms with Crippen LogP contribution in [0.3, 0.4) is 0 Å². The van der Waals surface area contributed by atoms with E-state index in [-0.39, 0.29) is 0 Å². The fraction of sp³-hybridized carbons (Fsp3) is 0.222. The molecule has 0 spiro atoms. The van der Waals surface area contributed by atoms with Gasteiger partial charge in [-0.25, -0.2) is 0 Å². The van der Waals surface area contributed by atoms with Gasteiger partial charge in [0.05, 0.1) is 20.1 Å². The summed E-state index contributed by atoms with van der Waals surface area (Å²) in [5, 5.41) is 1.82. The van der Waals surface area contributed by atoms with Crippen molar-refractivity contribution in [2.45, 2.75) is 11.3 Å². The number of halogens is 3. The minimum atomic E-state index is -1.52. The quantitative estimate of drug-likeness (QED) is 0.554. The highest BCUT2D eigenvalue weighted by molar-refractivity contribution is 7.91. The van der Waals surface area contributed by atoms with Gasteiger partial charge in [-0.3, -0.25) is 0 Å². The van der Waals surface area contributed by atoms with Crippen LogP contribution in [0.5, 0.6) is 0 Å². The SMILES string of the molecule is CN(C)CCc1ccc2c(c1)[S+](F)n1cc-2c2c(Cl)c(Cl)ccc21. The molecule has 2 bridgehead atoms. The Kier molecular flexibility index (Phi) is 4.04.